The van der Waals surface area contributed by atoms with Crippen LogP contribution in [0.25, 0.3) is 0 Å². The summed E-state index contributed by atoms with van der Waals surface area (Å²) in [6.07, 6.45) is 2.42. The second-order valence-electron chi connectivity index (χ2n) is 3.74. The second kappa shape index (κ2) is 5.98. The van der Waals surface area contributed by atoms with Gasteiger partial charge in [-0.25, -0.2) is 0 Å². The van der Waals surface area contributed by atoms with Crippen molar-refractivity contribution in [1.29, 1.82) is 0 Å². The van der Waals surface area contributed by atoms with Crippen LogP contribution in [0.1, 0.15) is 19.8 Å². The van der Waals surface area contributed by atoms with Gasteiger partial charge in [-0.1, -0.05) is 6.92 Å². The fraction of sp³-hybridized carbons (Fsp3) is 0.900. The highest BCUT2D eigenvalue weighted by molar-refractivity contribution is 5.77. The first-order valence-corrected chi connectivity index (χ1v) is 5.43. The number of hydrogen-bond donors (Lipinski definition) is 2. The number of nitrogens with one attached hydrogen (secondary N) is 2. The highest BCUT2D eigenvalue weighted by Gasteiger charge is 2.20. The molecule has 1 unspecified atom stereocenters. The van der Waals surface area contributed by atoms with Crippen LogP contribution in [0.3, 0.4) is 0 Å². The van der Waals surface area contributed by atoms with Gasteiger partial charge in [0.15, 0.2) is 0 Å². The topological polar surface area (TPSA) is 44.4 Å². The summed E-state index contributed by atoms with van der Waals surface area (Å²) in [5.74, 6) is 0.109. The number of rotatable bonds is 4. The van der Waals surface area contributed by atoms with Gasteiger partial charge in [0.1, 0.15) is 0 Å². The van der Waals surface area contributed by atoms with E-state index in [-0.39, 0.29) is 5.91 Å². The monoisotopic (exact) mass is 199 g/mol. The van der Waals surface area contributed by atoms with Crippen LogP contribution >= 0.6 is 0 Å². The number of nitrogens with zero attached hydrogens (tertiary/aromatic N) is 1. The van der Waals surface area contributed by atoms with Crippen molar-refractivity contribution < 1.29 is 4.79 Å². The largest absolute Gasteiger partial charge is 0.358 e. The molecule has 14 heavy (non-hydrogen) atoms. The molecular weight excluding hydrogens is 178 g/mol. The maximum atomic E-state index is 11.3. The lowest BCUT2D eigenvalue weighted by Crippen LogP contribution is -2.49. The van der Waals surface area contributed by atoms with Crippen molar-refractivity contribution in [3.05, 3.63) is 0 Å². The molecular formula is C10H21N3O. The standard InChI is InChI=1S/C10H21N3O/c1-3-13(8-10(14)11-2)9-5-4-6-12-7-9/h9,12H,3-8H2,1-2H3,(H,11,14). The van der Waals surface area contributed by atoms with Crippen LogP contribution in [-0.4, -0.2) is 50.1 Å². The van der Waals surface area contributed by atoms with Crippen molar-refractivity contribution in [1.82, 2.24) is 15.5 Å². The van der Waals surface area contributed by atoms with Crippen molar-refractivity contribution in [3.63, 3.8) is 0 Å². The van der Waals surface area contributed by atoms with Gasteiger partial charge >= 0.3 is 0 Å². The Morgan fingerprint density at radius 3 is 2.93 bits per heavy atom. The van der Waals surface area contributed by atoms with Gasteiger partial charge in [-0.2, -0.15) is 0 Å². The van der Waals surface area contributed by atoms with Gasteiger partial charge in [-0.3, -0.25) is 9.69 Å². The van der Waals surface area contributed by atoms with E-state index < -0.39 is 0 Å². The molecule has 0 aliphatic carbocycles. The molecule has 1 amide bonds. The third-order valence-corrected chi connectivity index (χ3v) is 2.82. The fourth-order valence-electron chi connectivity index (χ4n) is 1.91. The molecule has 1 rings (SSSR count). The molecule has 2 N–H and O–H groups in total. The van der Waals surface area contributed by atoms with E-state index in [0.29, 0.717) is 12.6 Å². The van der Waals surface area contributed by atoms with Crippen LogP contribution in [-0.2, 0) is 4.79 Å². The predicted octanol–water partition coefficient (Wildman–Crippen LogP) is -0.194. The molecule has 0 spiro atoms. The summed E-state index contributed by atoms with van der Waals surface area (Å²) in [7, 11) is 1.69. The number of carbonyl (C=O) groups is 1. The Morgan fingerprint density at radius 2 is 2.43 bits per heavy atom. The van der Waals surface area contributed by atoms with Crippen molar-refractivity contribution >= 4 is 5.91 Å². The van der Waals surface area contributed by atoms with Crippen LogP contribution in [0.2, 0.25) is 0 Å². The quantitative estimate of drug-likeness (QED) is 0.659. The number of hydrogen-bond acceptors (Lipinski definition) is 3. The Bertz CT molecular complexity index is 178. The second-order valence-corrected chi connectivity index (χ2v) is 3.74. The summed E-state index contributed by atoms with van der Waals surface area (Å²) >= 11 is 0. The minimum Gasteiger partial charge on any atom is -0.358 e. The van der Waals surface area contributed by atoms with E-state index in [4.69, 9.17) is 0 Å². The highest BCUT2D eigenvalue weighted by Crippen LogP contribution is 2.09. The van der Waals surface area contributed by atoms with E-state index in [1.807, 2.05) is 0 Å². The van der Waals surface area contributed by atoms with E-state index in [9.17, 15) is 4.79 Å². The fourth-order valence-corrected chi connectivity index (χ4v) is 1.91. The van der Waals surface area contributed by atoms with Gasteiger partial charge < -0.3 is 10.6 Å². The average molecular weight is 199 g/mol. The molecule has 0 aromatic heterocycles. The molecule has 1 aliphatic rings. The molecule has 0 radical (unpaired) electrons. The number of likely N-dealkylation sites (N-methyl/N-ethyl adjacent to an activating group) is 2. The summed E-state index contributed by atoms with van der Waals surface area (Å²) < 4.78 is 0. The van der Waals surface area contributed by atoms with Crippen molar-refractivity contribution in [2.24, 2.45) is 0 Å². The van der Waals surface area contributed by atoms with Crippen molar-refractivity contribution in [2.75, 3.05) is 33.2 Å². The molecule has 1 atom stereocenters. The maximum absolute atomic E-state index is 11.3. The summed E-state index contributed by atoms with van der Waals surface area (Å²) in [4.78, 5) is 13.5. The van der Waals surface area contributed by atoms with E-state index in [0.717, 1.165) is 19.6 Å². The Hall–Kier alpha value is -0.610. The third-order valence-electron chi connectivity index (χ3n) is 2.82. The Kier molecular flexibility index (Phi) is 4.90. The van der Waals surface area contributed by atoms with E-state index in [2.05, 4.69) is 22.5 Å². The number of amides is 1. The lowest BCUT2D eigenvalue weighted by molar-refractivity contribution is -0.122. The van der Waals surface area contributed by atoms with E-state index in [1.165, 1.54) is 12.8 Å². The molecule has 4 nitrogen and oxygen atoms in total. The molecule has 0 aromatic rings. The van der Waals surface area contributed by atoms with Crippen molar-refractivity contribution in [3.8, 4) is 0 Å². The molecule has 0 saturated carbocycles. The third kappa shape index (κ3) is 3.27. The first-order chi connectivity index (χ1) is 6.77. The average Bonchev–Trinajstić information content (AvgIpc) is 2.26. The van der Waals surface area contributed by atoms with Crippen LogP contribution < -0.4 is 10.6 Å². The lowest BCUT2D eigenvalue weighted by Gasteiger charge is -2.33. The molecule has 1 fully saturated rings. The van der Waals surface area contributed by atoms with Crippen LogP contribution in [0.4, 0.5) is 0 Å². The molecule has 1 heterocycles. The smallest absolute Gasteiger partial charge is 0.233 e. The summed E-state index contributed by atoms with van der Waals surface area (Å²) in [5, 5.41) is 6.04. The number of piperidine rings is 1. The molecule has 1 aliphatic heterocycles. The summed E-state index contributed by atoms with van der Waals surface area (Å²) in [6.45, 7) is 5.72. The Labute approximate surface area is 86.0 Å². The van der Waals surface area contributed by atoms with Gasteiger partial charge in [-0.05, 0) is 25.9 Å². The van der Waals surface area contributed by atoms with Gasteiger partial charge in [0.05, 0.1) is 6.54 Å². The van der Waals surface area contributed by atoms with Gasteiger partial charge in [0.2, 0.25) is 5.91 Å². The number of carbonyl (C=O) groups excluding carboxylic acids is 1. The summed E-state index contributed by atoms with van der Waals surface area (Å²) in [6, 6.07) is 0.533. The summed E-state index contributed by atoms with van der Waals surface area (Å²) in [5.41, 5.74) is 0. The minimum atomic E-state index is 0.109. The molecule has 82 valence electrons. The Morgan fingerprint density at radius 1 is 1.64 bits per heavy atom. The molecule has 0 aromatic carbocycles. The Balaban J connectivity index is 2.39. The van der Waals surface area contributed by atoms with E-state index in [1.54, 1.807) is 7.05 Å². The molecule has 4 heteroatoms. The minimum absolute atomic E-state index is 0.109. The van der Waals surface area contributed by atoms with Crippen LogP contribution in [0.5, 0.6) is 0 Å². The normalized spacial score (nSPS) is 22.4. The predicted molar refractivity (Wildman–Crippen MR) is 57.2 cm³/mol. The zero-order valence-electron chi connectivity index (χ0n) is 9.18. The van der Waals surface area contributed by atoms with Crippen LogP contribution in [0, 0.1) is 0 Å². The zero-order chi connectivity index (χ0) is 10.4. The SMILES string of the molecule is CCN(CC(=O)NC)C1CCCNC1. The van der Waals surface area contributed by atoms with Gasteiger partial charge in [0.25, 0.3) is 0 Å². The van der Waals surface area contributed by atoms with E-state index >= 15 is 0 Å². The van der Waals surface area contributed by atoms with Gasteiger partial charge in [-0.15, -0.1) is 0 Å². The van der Waals surface area contributed by atoms with Crippen molar-refractivity contribution in [2.45, 2.75) is 25.8 Å². The first-order valence-electron chi connectivity index (χ1n) is 5.43. The zero-order valence-corrected chi connectivity index (χ0v) is 9.18. The molecule has 0 bridgehead atoms. The van der Waals surface area contributed by atoms with Gasteiger partial charge in [0, 0.05) is 19.6 Å². The highest BCUT2D eigenvalue weighted by atomic mass is 16.1. The van der Waals surface area contributed by atoms with Crippen LogP contribution in [0.15, 0.2) is 0 Å². The maximum Gasteiger partial charge on any atom is 0.233 e. The first kappa shape index (κ1) is 11.5. The lowest BCUT2D eigenvalue weighted by atomic mass is 10.1. The molecule has 1 saturated heterocycles.